The summed E-state index contributed by atoms with van der Waals surface area (Å²) in [7, 11) is 0. The van der Waals surface area contributed by atoms with Crippen molar-refractivity contribution in [2.45, 2.75) is 44.1 Å². The first-order valence-corrected chi connectivity index (χ1v) is 9.10. The Morgan fingerprint density at radius 2 is 1.96 bits per heavy atom. The van der Waals surface area contributed by atoms with Gasteiger partial charge in [0.05, 0.1) is 10.5 Å². The number of fused-ring (bicyclic) bond motifs is 1. The number of aromatic amines is 1. The minimum atomic E-state index is -0.159. The van der Waals surface area contributed by atoms with Crippen LogP contribution >= 0.6 is 11.9 Å². The van der Waals surface area contributed by atoms with E-state index in [1.165, 1.54) is 19.3 Å². The summed E-state index contributed by atoms with van der Waals surface area (Å²) in [5, 5.41) is 2.00. The van der Waals surface area contributed by atoms with Crippen LogP contribution < -0.4 is 0 Å². The number of hydrogen-bond acceptors (Lipinski definition) is 3. The van der Waals surface area contributed by atoms with Gasteiger partial charge in [0, 0.05) is 24.4 Å². The summed E-state index contributed by atoms with van der Waals surface area (Å²) >= 11 is 1.70. The number of hydrogen-bond donors (Lipinski definition) is 1. The third-order valence-corrected chi connectivity index (χ3v) is 5.47. The number of aldehydes is 1. The van der Waals surface area contributed by atoms with Gasteiger partial charge in [0.15, 0.2) is 0 Å². The summed E-state index contributed by atoms with van der Waals surface area (Å²) in [4.78, 5) is 13.0. The number of halogens is 1. The highest BCUT2D eigenvalue weighted by Gasteiger charge is 2.15. The molecule has 1 aromatic heterocycles. The maximum Gasteiger partial charge on any atom is 0.147 e. The predicted octanol–water partition coefficient (Wildman–Crippen LogP) is 4.70. The number of rotatable bonds is 3. The molecule has 0 amide bonds. The van der Waals surface area contributed by atoms with Crippen molar-refractivity contribution in [1.82, 2.24) is 9.29 Å². The van der Waals surface area contributed by atoms with Gasteiger partial charge >= 0.3 is 0 Å². The molecule has 2 aromatic rings. The van der Waals surface area contributed by atoms with E-state index in [2.05, 4.69) is 9.29 Å². The molecule has 4 rings (SSSR count). The van der Waals surface area contributed by atoms with E-state index in [1.807, 2.05) is 19.1 Å². The van der Waals surface area contributed by atoms with Gasteiger partial charge in [-0.1, -0.05) is 6.42 Å². The molecular weight excluding hydrogens is 311 g/mol. The van der Waals surface area contributed by atoms with Gasteiger partial charge in [0.1, 0.15) is 12.1 Å². The minimum absolute atomic E-state index is 0.159. The predicted molar refractivity (Wildman–Crippen MR) is 93.1 cm³/mol. The molecule has 0 spiro atoms. The average Bonchev–Trinajstić information content (AvgIpc) is 3.08. The lowest BCUT2D eigenvalue weighted by atomic mass is 9.87. The van der Waals surface area contributed by atoms with Gasteiger partial charge in [-0.2, -0.15) is 0 Å². The van der Waals surface area contributed by atoms with E-state index in [9.17, 15) is 9.18 Å². The zero-order valence-electron chi connectivity index (χ0n) is 13.5. The first kappa shape index (κ1) is 16.5. The Hall–Kier alpha value is -1.33. The van der Waals surface area contributed by atoms with Crippen molar-refractivity contribution in [2.75, 3.05) is 13.1 Å². The van der Waals surface area contributed by atoms with Crippen LogP contribution in [0.5, 0.6) is 0 Å². The summed E-state index contributed by atoms with van der Waals surface area (Å²) in [6, 6.07) is 5.63. The molecule has 1 aliphatic heterocycles. The molecule has 0 unspecified atom stereocenters. The largest absolute Gasteiger partial charge is 0.346 e. The molecule has 0 bridgehead atoms. The van der Waals surface area contributed by atoms with Crippen LogP contribution in [0.2, 0.25) is 0 Å². The first-order chi connectivity index (χ1) is 11.2. The Labute approximate surface area is 140 Å². The zero-order chi connectivity index (χ0) is 16.2. The standard InChI is InChI=1S/C13H15FN2S.C5H8O/c1-9-6-10-8-12(15-13(10)11(14)7-9)17-16-4-2-3-5-16;6-4-5-2-1-3-5/h6-8,15H,2-5H2,1H3;4-5H,1-3H2. The molecule has 3 nitrogen and oxygen atoms in total. The lowest BCUT2D eigenvalue weighted by Gasteiger charge is -2.17. The summed E-state index contributed by atoms with van der Waals surface area (Å²) in [5.74, 6) is 0.276. The molecule has 2 heterocycles. The Morgan fingerprint density at radius 1 is 1.22 bits per heavy atom. The number of aromatic nitrogens is 1. The van der Waals surface area contributed by atoms with Crippen molar-refractivity contribution in [1.29, 1.82) is 0 Å². The van der Waals surface area contributed by atoms with Crippen molar-refractivity contribution in [3.63, 3.8) is 0 Å². The molecule has 0 atom stereocenters. The maximum absolute atomic E-state index is 13.7. The Bertz CT molecular complexity index is 675. The molecule has 5 heteroatoms. The van der Waals surface area contributed by atoms with Gasteiger partial charge in [-0.3, -0.25) is 0 Å². The van der Waals surface area contributed by atoms with Crippen molar-refractivity contribution in [3.8, 4) is 0 Å². The second-order valence-electron chi connectivity index (χ2n) is 6.40. The molecule has 1 saturated heterocycles. The third kappa shape index (κ3) is 4.15. The van der Waals surface area contributed by atoms with Crippen molar-refractivity contribution in [3.05, 3.63) is 29.6 Å². The Morgan fingerprint density at radius 3 is 2.52 bits per heavy atom. The number of nitrogens with zero attached hydrogens (tertiary/aromatic N) is 1. The second-order valence-corrected chi connectivity index (χ2v) is 7.54. The molecule has 1 N–H and O–H groups in total. The molecule has 1 aliphatic carbocycles. The van der Waals surface area contributed by atoms with Gasteiger partial charge in [-0.15, -0.1) is 0 Å². The molecular formula is C18H23FN2OS. The lowest BCUT2D eigenvalue weighted by Crippen LogP contribution is -2.10. The van der Waals surface area contributed by atoms with E-state index >= 15 is 0 Å². The highest BCUT2D eigenvalue weighted by Crippen LogP contribution is 2.30. The normalized spacial score (nSPS) is 18.5. The molecule has 2 aliphatic rings. The lowest BCUT2D eigenvalue weighted by molar-refractivity contribution is -0.113. The van der Waals surface area contributed by atoms with Gasteiger partial charge < -0.3 is 9.78 Å². The summed E-state index contributed by atoms with van der Waals surface area (Å²) < 4.78 is 16.0. The number of carbonyl (C=O) groups is 1. The Balaban J connectivity index is 0.000000220. The quantitative estimate of drug-likeness (QED) is 0.652. The number of benzene rings is 1. The highest BCUT2D eigenvalue weighted by atomic mass is 32.2. The van der Waals surface area contributed by atoms with Crippen LogP contribution in [0.15, 0.2) is 23.2 Å². The van der Waals surface area contributed by atoms with E-state index in [-0.39, 0.29) is 5.82 Å². The fraction of sp³-hybridized carbons (Fsp3) is 0.500. The molecule has 1 aromatic carbocycles. The number of carbonyl (C=O) groups excluding carboxylic acids is 1. The van der Waals surface area contributed by atoms with Gasteiger partial charge in [-0.25, -0.2) is 8.70 Å². The molecule has 23 heavy (non-hydrogen) atoms. The summed E-state index contributed by atoms with van der Waals surface area (Å²) in [5.41, 5.74) is 1.59. The van der Waals surface area contributed by atoms with E-state index < -0.39 is 0 Å². The fourth-order valence-electron chi connectivity index (χ4n) is 2.86. The molecule has 0 radical (unpaired) electrons. The van der Waals surface area contributed by atoms with Gasteiger partial charge in [0.25, 0.3) is 0 Å². The monoisotopic (exact) mass is 334 g/mol. The molecule has 2 fully saturated rings. The molecule has 124 valence electrons. The van der Waals surface area contributed by atoms with Crippen molar-refractivity contribution < 1.29 is 9.18 Å². The van der Waals surface area contributed by atoms with Crippen LogP contribution in [0.3, 0.4) is 0 Å². The molecule has 1 saturated carbocycles. The third-order valence-electron chi connectivity index (χ3n) is 4.43. The topological polar surface area (TPSA) is 36.1 Å². The van der Waals surface area contributed by atoms with Crippen LogP contribution in [-0.2, 0) is 4.79 Å². The van der Waals surface area contributed by atoms with Crippen LogP contribution in [-0.4, -0.2) is 28.7 Å². The van der Waals surface area contributed by atoms with E-state index in [0.29, 0.717) is 11.4 Å². The van der Waals surface area contributed by atoms with Crippen LogP contribution in [0.25, 0.3) is 10.9 Å². The minimum Gasteiger partial charge on any atom is -0.346 e. The zero-order valence-corrected chi connectivity index (χ0v) is 14.3. The van der Waals surface area contributed by atoms with E-state index in [0.717, 1.165) is 48.2 Å². The van der Waals surface area contributed by atoms with Crippen LogP contribution in [0.4, 0.5) is 4.39 Å². The first-order valence-electron chi connectivity index (χ1n) is 8.33. The smallest absolute Gasteiger partial charge is 0.147 e. The van der Waals surface area contributed by atoms with Crippen molar-refractivity contribution >= 4 is 29.1 Å². The van der Waals surface area contributed by atoms with Gasteiger partial charge in [0.2, 0.25) is 0 Å². The van der Waals surface area contributed by atoms with E-state index in [4.69, 9.17) is 0 Å². The highest BCUT2D eigenvalue weighted by molar-refractivity contribution is 7.97. The maximum atomic E-state index is 13.7. The average molecular weight is 334 g/mol. The van der Waals surface area contributed by atoms with Crippen LogP contribution in [0, 0.1) is 18.7 Å². The van der Waals surface area contributed by atoms with Gasteiger partial charge in [-0.05, 0) is 68.3 Å². The number of aryl methyl sites for hydroxylation is 1. The van der Waals surface area contributed by atoms with Crippen molar-refractivity contribution in [2.24, 2.45) is 5.92 Å². The van der Waals surface area contributed by atoms with E-state index in [1.54, 1.807) is 18.0 Å². The fourth-order valence-corrected chi connectivity index (χ4v) is 3.91. The van der Waals surface area contributed by atoms with Crippen LogP contribution in [0.1, 0.15) is 37.7 Å². The summed E-state index contributed by atoms with van der Waals surface area (Å²) in [6.45, 7) is 4.17. The Kier molecular flexibility index (Phi) is 5.38. The number of nitrogens with one attached hydrogen (secondary N) is 1. The summed E-state index contributed by atoms with van der Waals surface area (Å²) in [6.07, 6.45) is 7.14. The second kappa shape index (κ2) is 7.49. The SMILES string of the molecule is Cc1cc(F)c2[nH]c(SN3CCCC3)cc2c1.O=CC1CCC1. The number of H-pyrrole nitrogens is 1.